The zero-order chi connectivity index (χ0) is 12.7. The molecule has 0 saturated heterocycles. The van der Waals surface area contributed by atoms with Gasteiger partial charge in [0.05, 0.1) is 5.02 Å². The molecular formula is C8H2ClF5O2. The van der Waals surface area contributed by atoms with Crippen molar-refractivity contribution in [1.29, 1.82) is 0 Å². The second-order valence-corrected chi connectivity index (χ2v) is 3.11. The van der Waals surface area contributed by atoms with Crippen LogP contribution >= 0.6 is 11.6 Å². The van der Waals surface area contributed by atoms with Gasteiger partial charge in [0.2, 0.25) is 0 Å². The van der Waals surface area contributed by atoms with Crippen LogP contribution in [0.5, 0.6) is 0 Å². The Balaban J connectivity index is 3.65. The van der Waals surface area contributed by atoms with Gasteiger partial charge < -0.3 is 5.11 Å². The Hall–Kier alpha value is -1.37. The molecule has 0 aliphatic rings. The van der Waals surface area contributed by atoms with Gasteiger partial charge in [-0.15, -0.1) is 0 Å². The molecule has 0 spiro atoms. The lowest BCUT2D eigenvalue weighted by Gasteiger charge is -2.11. The highest BCUT2D eigenvalue weighted by atomic mass is 35.5. The van der Waals surface area contributed by atoms with Crippen molar-refractivity contribution in [2.24, 2.45) is 0 Å². The predicted octanol–water partition coefficient (Wildman–Crippen LogP) is 3.34. The number of hydrogen-bond acceptors (Lipinski definition) is 1. The lowest BCUT2D eigenvalue weighted by atomic mass is 10.1. The average molecular weight is 261 g/mol. The molecule has 1 rings (SSSR count). The van der Waals surface area contributed by atoms with Crippen LogP contribution in [-0.4, -0.2) is 11.1 Å². The van der Waals surface area contributed by atoms with Crippen molar-refractivity contribution in [2.75, 3.05) is 0 Å². The molecule has 0 saturated carbocycles. The number of rotatable bonds is 1. The van der Waals surface area contributed by atoms with Gasteiger partial charge in [-0.25, -0.2) is 13.6 Å². The normalized spacial score (nSPS) is 11.6. The summed E-state index contributed by atoms with van der Waals surface area (Å²) in [7, 11) is 0. The summed E-state index contributed by atoms with van der Waals surface area (Å²) in [4.78, 5) is 10.4. The van der Waals surface area contributed by atoms with Gasteiger partial charge in [0, 0.05) is 0 Å². The molecule has 1 N–H and O–H groups in total. The van der Waals surface area contributed by atoms with Gasteiger partial charge in [0.1, 0.15) is 16.9 Å². The number of hydrogen-bond donors (Lipinski definition) is 1. The first-order valence-electron chi connectivity index (χ1n) is 3.64. The van der Waals surface area contributed by atoms with Crippen LogP contribution in [0.25, 0.3) is 0 Å². The molecule has 1 aromatic rings. The van der Waals surface area contributed by atoms with Gasteiger partial charge in [-0.05, 0) is 6.07 Å². The molecule has 0 aliphatic heterocycles. The van der Waals surface area contributed by atoms with Gasteiger partial charge in [-0.2, -0.15) is 13.2 Å². The summed E-state index contributed by atoms with van der Waals surface area (Å²) in [5.41, 5.74) is -3.68. The second-order valence-electron chi connectivity index (χ2n) is 2.71. The van der Waals surface area contributed by atoms with E-state index in [0.717, 1.165) is 0 Å². The molecule has 0 fully saturated rings. The summed E-state index contributed by atoms with van der Waals surface area (Å²) in [6.45, 7) is 0. The molecule has 0 radical (unpaired) electrons. The smallest absolute Gasteiger partial charge is 0.422 e. The minimum Gasteiger partial charge on any atom is -0.478 e. The third-order valence-electron chi connectivity index (χ3n) is 1.67. The Kier molecular flexibility index (Phi) is 3.09. The van der Waals surface area contributed by atoms with Crippen LogP contribution in [0, 0.1) is 11.6 Å². The molecular weight excluding hydrogens is 259 g/mol. The summed E-state index contributed by atoms with van der Waals surface area (Å²) >= 11 is 5.12. The van der Waals surface area contributed by atoms with Crippen LogP contribution in [-0.2, 0) is 6.18 Å². The van der Waals surface area contributed by atoms with Crippen LogP contribution < -0.4 is 0 Å². The highest BCUT2D eigenvalue weighted by molar-refractivity contribution is 6.33. The Morgan fingerprint density at radius 2 is 1.81 bits per heavy atom. The molecule has 0 heterocycles. The van der Waals surface area contributed by atoms with E-state index in [1.165, 1.54) is 0 Å². The fourth-order valence-electron chi connectivity index (χ4n) is 1.05. The van der Waals surface area contributed by atoms with E-state index in [1.807, 2.05) is 0 Å². The van der Waals surface area contributed by atoms with Gasteiger partial charge in [0.15, 0.2) is 5.82 Å². The van der Waals surface area contributed by atoms with Crippen molar-refractivity contribution in [2.45, 2.75) is 6.18 Å². The fraction of sp³-hybridized carbons (Fsp3) is 0.125. The molecule has 0 amide bonds. The number of aromatic carboxylic acids is 1. The van der Waals surface area contributed by atoms with Crippen LogP contribution in [0.2, 0.25) is 5.02 Å². The highest BCUT2D eigenvalue weighted by Gasteiger charge is 2.40. The standard InChI is InChI=1S/C8H2ClF5O2/c9-2-1-3(10)5(8(12,13)14)6(11)4(2)7(15)16/h1H,(H,15,16). The van der Waals surface area contributed by atoms with Crippen molar-refractivity contribution in [3.05, 3.63) is 33.9 Å². The Bertz CT molecular complexity index is 455. The van der Waals surface area contributed by atoms with E-state index in [0.29, 0.717) is 0 Å². The van der Waals surface area contributed by atoms with Crippen molar-refractivity contribution in [1.82, 2.24) is 0 Å². The number of carbonyl (C=O) groups is 1. The van der Waals surface area contributed by atoms with E-state index < -0.39 is 39.9 Å². The molecule has 8 heteroatoms. The van der Waals surface area contributed by atoms with E-state index in [4.69, 9.17) is 16.7 Å². The first kappa shape index (κ1) is 12.7. The fourth-order valence-corrected chi connectivity index (χ4v) is 1.31. The van der Waals surface area contributed by atoms with E-state index >= 15 is 0 Å². The Labute approximate surface area is 90.2 Å². The largest absolute Gasteiger partial charge is 0.478 e. The summed E-state index contributed by atoms with van der Waals surface area (Å²) in [6, 6.07) is 0.108. The lowest BCUT2D eigenvalue weighted by molar-refractivity contribution is -0.142. The van der Waals surface area contributed by atoms with Crippen LogP contribution in [0.1, 0.15) is 15.9 Å². The van der Waals surface area contributed by atoms with E-state index in [9.17, 15) is 26.7 Å². The maximum Gasteiger partial charge on any atom is 0.422 e. The molecule has 2 nitrogen and oxygen atoms in total. The molecule has 88 valence electrons. The van der Waals surface area contributed by atoms with Crippen molar-refractivity contribution >= 4 is 17.6 Å². The summed E-state index contributed by atoms with van der Waals surface area (Å²) < 4.78 is 62.4. The van der Waals surface area contributed by atoms with Crippen molar-refractivity contribution < 1.29 is 31.9 Å². The SMILES string of the molecule is O=C(O)c1c(Cl)cc(F)c(C(F)(F)F)c1F. The summed E-state index contributed by atoms with van der Waals surface area (Å²) in [5, 5.41) is 7.48. The lowest BCUT2D eigenvalue weighted by Crippen LogP contribution is -2.15. The van der Waals surface area contributed by atoms with Crippen LogP contribution in [0.3, 0.4) is 0 Å². The minimum absolute atomic E-state index is 0.108. The Morgan fingerprint density at radius 3 is 2.19 bits per heavy atom. The van der Waals surface area contributed by atoms with Crippen molar-refractivity contribution in [3.8, 4) is 0 Å². The topological polar surface area (TPSA) is 37.3 Å². The quantitative estimate of drug-likeness (QED) is 0.787. The third-order valence-corrected chi connectivity index (χ3v) is 1.97. The number of carboxylic acids is 1. The summed E-state index contributed by atoms with van der Waals surface area (Å²) in [5.74, 6) is -6.20. The first-order chi connectivity index (χ1) is 7.16. The number of alkyl halides is 3. The van der Waals surface area contributed by atoms with Gasteiger partial charge in [-0.1, -0.05) is 11.6 Å². The van der Waals surface area contributed by atoms with Crippen LogP contribution in [0.15, 0.2) is 6.07 Å². The number of carboxylic acid groups (broad SMARTS) is 1. The number of benzene rings is 1. The predicted molar refractivity (Wildman–Crippen MR) is 43.3 cm³/mol. The minimum atomic E-state index is -5.33. The molecule has 0 aromatic heterocycles. The molecule has 0 bridgehead atoms. The van der Waals surface area contributed by atoms with Gasteiger partial charge in [0.25, 0.3) is 0 Å². The van der Waals surface area contributed by atoms with Gasteiger partial charge in [-0.3, -0.25) is 0 Å². The molecule has 0 unspecified atom stereocenters. The molecule has 0 aliphatic carbocycles. The highest BCUT2D eigenvalue weighted by Crippen LogP contribution is 2.36. The summed E-state index contributed by atoms with van der Waals surface area (Å²) in [6.07, 6.45) is -5.33. The van der Waals surface area contributed by atoms with E-state index in [1.54, 1.807) is 0 Å². The monoisotopic (exact) mass is 260 g/mol. The zero-order valence-corrected chi connectivity index (χ0v) is 7.96. The average Bonchev–Trinajstić information content (AvgIpc) is 1.97. The van der Waals surface area contributed by atoms with E-state index in [-0.39, 0.29) is 6.07 Å². The van der Waals surface area contributed by atoms with Crippen molar-refractivity contribution in [3.63, 3.8) is 0 Å². The Morgan fingerprint density at radius 1 is 1.31 bits per heavy atom. The molecule has 16 heavy (non-hydrogen) atoms. The third kappa shape index (κ3) is 2.08. The van der Waals surface area contributed by atoms with Gasteiger partial charge >= 0.3 is 12.1 Å². The first-order valence-corrected chi connectivity index (χ1v) is 4.02. The maximum absolute atomic E-state index is 13.1. The number of halogens is 6. The second kappa shape index (κ2) is 3.89. The molecule has 1 aromatic carbocycles. The van der Waals surface area contributed by atoms with E-state index in [2.05, 4.69) is 0 Å². The maximum atomic E-state index is 13.1. The molecule has 0 atom stereocenters. The van der Waals surface area contributed by atoms with Crippen LogP contribution in [0.4, 0.5) is 22.0 Å². The zero-order valence-electron chi connectivity index (χ0n) is 7.20.